The molecular formula is C22H21NO6. The summed E-state index contributed by atoms with van der Waals surface area (Å²) in [5.41, 5.74) is 4.58. The Morgan fingerprint density at radius 3 is 2.59 bits per heavy atom. The number of hydrogen-bond acceptors (Lipinski definition) is 7. The molecule has 0 amide bonds. The molecule has 2 aromatic rings. The van der Waals surface area contributed by atoms with Crippen LogP contribution in [0.2, 0.25) is 0 Å². The minimum absolute atomic E-state index is 0.0727. The molecule has 1 aliphatic carbocycles. The van der Waals surface area contributed by atoms with Crippen LogP contribution in [0.4, 0.5) is 0 Å². The van der Waals surface area contributed by atoms with Gasteiger partial charge < -0.3 is 24.1 Å². The molecule has 0 saturated carbocycles. The lowest BCUT2D eigenvalue weighted by atomic mass is 9.69. The molecule has 0 aromatic heterocycles. The van der Waals surface area contributed by atoms with Gasteiger partial charge in [0.15, 0.2) is 28.8 Å². The largest absolute Gasteiger partial charge is 0.454 e. The van der Waals surface area contributed by atoms with Gasteiger partial charge in [0, 0.05) is 30.5 Å². The first-order valence-electron chi connectivity index (χ1n) is 9.80. The van der Waals surface area contributed by atoms with Gasteiger partial charge in [-0.05, 0) is 42.8 Å². The maximum absolute atomic E-state index is 12.5. The fourth-order valence-electron chi connectivity index (χ4n) is 5.45. The predicted octanol–water partition coefficient (Wildman–Crippen LogP) is 2.53. The number of aliphatic hydroxyl groups excluding tert-OH is 1. The molecule has 2 aromatic carbocycles. The van der Waals surface area contributed by atoms with Crippen molar-refractivity contribution in [2.45, 2.75) is 38.0 Å². The number of carbonyl (C=O) groups is 1. The zero-order valence-corrected chi connectivity index (χ0v) is 16.2. The summed E-state index contributed by atoms with van der Waals surface area (Å²) in [6.07, 6.45) is -0.239. The van der Waals surface area contributed by atoms with Gasteiger partial charge in [0.2, 0.25) is 13.6 Å². The van der Waals surface area contributed by atoms with Gasteiger partial charge in [-0.15, -0.1) is 0 Å². The number of nitrogens with zero attached hydrogens (tertiary/aromatic N) is 1. The molecule has 0 radical (unpaired) electrons. The molecule has 7 nitrogen and oxygen atoms in total. The number of hydrogen-bond donors (Lipinski definition) is 1. The number of likely N-dealkylation sites (N-methyl/N-ethyl adjacent to an activating group) is 1. The third-order valence-electron chi connectivity index (χ3n) is 6.56. The smallest absolute Gasteiger partial charge is 0.231 e. The van der Waals surface area contributed by atoms with Crippen molar-refractivity contribution < 1.29 is 28.8 Å². The lowest BCUT2D eigenvalue weighted by Gasteiger charge is -2.47. The molecule has 0 bridgehead atoms. The first kappa shape index (κ1) is 17.1. The number of fused-ring (bicyclic) bond motifs is 8. The molecule has 3 atom stereocenters. The zero-order valence-electron chi connectivity index (χ0n) is 16.2. The van der Waals surface area contributed by atoms with Gasteiger partial charge in [-0.3, -0.25) is 9.69 Å². The number of benzene rings is 2. The SMILES string of the molecule is CC(=O)c1c2c(cc3c1OCO3)[C@@H]1[C@@H](c3ccc4c(c3CN1C)OCO4)[C@@H](O)C2. The molecule has 0 spiro atoms. The van der Waals surface area contributed by atoms with E-state index in [1.54, 1.807) is 0 Å². The molecule has 3 aliphatic heterocycles. The van der Waals surface area contributed by atoms with E-state index in [-0.39, 0.29) is 31.3 Å². The third kappa shape index (κ3) is 2.22. The highest BCUT2D eigenvalue weighted by molar-refractivity contribution is 6.00. The summed E-state index contributed by atoms with van der Waals surface area (Å²) in [7, 11) is 2.04. The quantitative estimate of drug-likeness (QED) is 0.744. The maximum Gasteiger partial charge on any atom is 0.231 e. The number of carbonyl (C=O) groups excluding carboxylic acids is 1. The van der Waals surface area contributed by atoms with E-state index >= 15 is 0 Å². The van der Waals surface area contributed by atoms with Crippen LogP contribution in [0.3, 0.4) is 0 Å². The highest BCUT2D eigenvalue weighted by Gasteiger charge is 2.46. The second-order valence-electron chi connectivity index (χ2n) is 8.13. The molecule has 0 fully saturated rings. The van der Waals surface area contributed by atoms with Crippen LogP contribution >= 0.6 is 0 Å². The fraction of sp³-hybridized carbons (Fsp3) is 0.409. The van der Waals surface area contributed by atoms with Crippen molar-refractivity contribution in [3.05, 3.63) is 46.0 Å². The molecule has 1 N–H and O–H groups in total. The van der Waals surface area contributed by atoms with Crippen molar-refractivity contribution in [1.82, 2.24) is 4.90 Å². The Labute approximate surface area is 167 Å². The van der Waals surface area contributed by atoms with Gasteiger partial charge in [0.25, 0.3) is 0 Å². The van der Waals surface area contributed by atoms with Crippen molar-refractivity contribution in [3.8, 4) is 23.0 Å². The van der Waals surface area contributed by atoms with E-state index in [0.717, 1.165) is 33.8 Å². The number of Topliss-reactive ketones (excluding diaryl/α,β-unsaturated/α-hetero) is 1. The lowest BCUT2D eigenvalue weighted by molar-refractivity contribution is 0.0587. The Morgan fingerprint density at radius 1 is 1.03 bits per heavy atom. The van der Waals surface area contributed by atoms with Crippen LogP contribution in [0, 0.1) is 0 Å². The Kier molecular flexibility index (Phi) is 3.47. The van der Waals surface area contributed by atoms with Gasteiger partial charge in [0.05, 0.1) is 11.7 Å². The Hall–Kier alpha value is -2.77. The topological polar surface area (TPSA) is 77.5 Å². The number of ether oxygens (including phenoxy) is 4. The minimum Gasteiger partial charge on any atom is -0.454 e. The standard InChI is InChI=1S/C22H21NO6/c1-10(24)18-12-5-15(25)19-11-3-4-16-21(28-8-26-16)14(11)7-23(2)20(19)13(12)6-17-22(18)29-9-27-17/h3-4,6,15,19-20,25H,5,7-9H2,1-2H3/t15-,19-,20+/m0/s1. The maximum atomic E-state index is 12.5. The van der Waals surface area contributed by atoms with E-state index in [0.29, 0.717) is 30.0 Å². The second-order valence-corrected chi connectivity index (χ2v) is 8.13. The molecule has 4 aliphatic rings. The molecule has 7 heteroatoms. The summed E-state index contributed by atoms with van der Waals surface area (Å²) >= 11 is 0. The van der Waals surface area contributed by atoms with Gasteiger partial charge in [-0.1, -0.05) is 6.07 Å². The molecule has 0 saturated heterocycles. The molecule has 0 unspecified atom stereocenters. The molecule has 3 heterocycles. The van der Waals surface area contributed by atoms with Crippen molar-refractivity contribution in [3.63, 3.8) is 0 Å². The Balaban J connectivity index is 1.57. The van der Waals surface area contributed by atoms with Gasteiger partial charge in [0.1, 0.15) is 0 Å². The van der Waals surface area contributed by atoms with Crippen molar-refractivity contribution in [1.29, 1.82) is 0 Å². The molecule has 150 valence electrons. The summed E-state index contributed by atoms with van der Waals surface area (Å²) in [4.78, 5) is 14.7. The van der Waals surface area contributed by atoms with Crippen molar-refractivity contribution in [2.24, 2.45) is 0 Å². The summed E-state index contributed by atoms with van der Waals surface area (Å²) < 4.78 is 22.5. The highest BCUT2D eigenvalue weighted by Crippen LogP contribution is 2.55. The summed E-state index contributed by atoms with van der Waals surface area (Å²) in [6, 6.07) is 5.88. The van der Waals surface area contributed by atoms with Crippen LogP contribution in [0.1, 0.15) is 51.5 Å². The van der Waals surface area contributed by atoms with Crippen molar-refractivity contribution >= 4 is 5.78 Å². The van der Waals surface area contributed by atoms with E-state index < -0.39 is 6.10 Å². The predicted molar refractivity (Wildman–Crippen MR) is 102 cm³/mol. The summed E-state index contributed by atoms with van der Waals surface area (Å²) in [5, 5.41) is 11.2. The zero-order chi connectivity index (χ0) is 19.9. The Bertz CT molecular complexity index is 1060. The monoisotopic (exact) mass is 395 g/mol. The van der Waals surface area contributed by atoms with Crippen LogP contribution in [0.15, 0.2) is 18.2 Å². The first-order valence-corrected chi connectivity index (χ1v) is 9.80. The molecular weight excluding hydrogens is 374 g/mol. The highest BCUT2D eigenvalue weighted by atomic mass is 16.7. The first-order chi connectivity index (χ1) is 14.0. The van der Waals surface area contributed by atoms with E-state index in [1.165, 1.54) is 6.92 Å². The Morgan fingerprint density at radius 2 is 1.79 bits per heavy atom. The molecule has 29 heavy (non-hydrogen) atoms. The number of rotatable bonds is 1. The third-order valence-corrected chi connectivity index (χ3v) is 6.56. The van der Waals surface area contributed by atoms with Gasteiger partial charge in [-0.25, -0.2) is 0 Å². The average Bonchev–Trinajstić information content (AvgIpc) is 3.34. The summed E-state index contributed by atoms with van der Waals surface area (Å²) in [5.74, 6) is 2.44. The van der Waals surface area contributed by atoms with Gasteiger partial charge >= 0.3 is 0 Å². The average molecular weight is 395 g/mol. The molecule has 6 rings (SSSR count). The van der Waals surface area contributed by atoms with E-state index in [2.05, 4.69) is 4.90 Å². The van der Waals surface area contributed by atoms with Crippen LogP contribution in [-0.4, -0.2) is 42.5 Å². The normalized spacial score (nSPS) is 26.0. The van der Waals surface area contributed by atoms with Crippen LogP contribution < -0.4 is 18.9 Å². The fourth-order valence-corrected chi connectivity index (χ4v) is 5.45. The van der Waals surface area contributed by atoms with Gasteiger partial charge in [-0.2, -0.15) is 0 Å². The lowest BCUT2D eigenvalue weighted by Crippen LogP contribution is -2.44. The van der Waals surface area contributed by atoms with E-state index in [9.17, 15) is 9.90 Å². The van der Waals surface area contributed by atoms with Crippen LogP contribution in [-0.2, 0) is 13.0 Å². The van der Waals surface area contributed by atoms with Crippen molar-refractivity contribution in [2.75, 3.05) is 20.6 Å². The minimum atomic E-state index is -0.632. The second kappa shape index (κ2) is 5.87. The number of ketones is 1. The van der Waals surface area contributed by atoms with Crippen LogP contribution in [0.25, 0.3) is 0 Å². The summed E-state index contributed by atoms with van der Waals surface area (Å²) in [6.45, 7) is 2.54. The van der Waals surface area contributed by atoms with Crippen LogP contribution in [0.5, 0.6) is 23.0 Å². The van der Waals surface area contributed by atoms with E-state index in [4.69, 9.17) is 18.9 Å². The number of aliphatic hydroxyl groups is 1. The van der Waals surface area contributed by atoms with E-state index in [1.807, 2.05) is 25.2 Å².